The van der Waals surface area contributed by atoms with Crippen LogP contribution in [-0.4, -0.2) is 28.6 Å². The molecule has 1 saturated heterocycles. The maximum absolute atomic E-state index is 14.1. The Balaban J connectivity index is 1.70. The van der Waals surface area contributed by atoms with Crippen molar-refractivity contribution in [1.29, 1.82) is 0 Å². The number of aryl methyl sites for hydroxylation is 1. The van der Waals surface area contributed by atoms with E-state index in [4.69, 9.17) is 4.74 Å². The van der Waals surface area contributed by atoms with Gasteiger partial charge in [-0.15, -0.1) is 11.3 Å². The fourth-order valence-corrected chi connectivity index (χ4v) is 4.77. The summed E-state index contributed by atoms with van der Waals surface area (Å²) in [5, 5.41) is 2.07. The Morgan fingerprint density at radius 3 is 2.50 bits per heavy atom. The van der Waals surface area contributed by atoms with E-state index in [1.54, 1.807) is 11.3 Å². The molecule has 1 fully saturated rings. The van der Waals surface area contributed by atoms with Gasteiger partial charge in [-0.1, -0.05) is 36.4 Å². The van der Waals surface area contributed by atoms with E-state index in [2.05, 4.69) is 34.2 Å². The van der Waals surface area contributed by atoms with Crippen molar-refractivity contribution in [2.24, 2.45) is 7.05 Å². The van der Waals surface area contributed by atoms with Crippen LogP contribution in [0.4, 0.5) is 0 Å². The van der Waals surface area contributed by atoms with E-state index in [0.29, 0.717) is 26.3 Å². The Labute approximate surface area is 170 Å². The molecule has 146 valence electrons. The lowest BCUT2D eigenvalue weighted by molar-refractivity contribution is -0.142. The topological polar surface area (TPSA) is 34.5 Å². The molecule has 4 rings (SSSR count). The van der Waals surface area contributed by atoms with Crippen molar-refractivity contribution >= 4 is 17.2 Å². The second-order valence-electron chi connectivity index (χ2n) is 7.41. The Hall–Kier alpha value is -2.37. The minimum Gasteiger partial charge on any atom is -0.381 e. The van der Waals surface area contributed by atoms with Crippen molar-refractivity contribution in [2.75, 3.05) is 13.2 Å². The van der Waals surface area contributed by atoms with E-state index in [1.807, 2.05) is 48.5 Å². The van der Waals surface area contributed by atoms with Gasteiger partial charge in [-0.25, -0.2) is 0 Å². The first-order chi connectivity index (χ1) is 13.7. The molecule has 0 bridgehead atoms. The maximum Gasteiger partial charge on any atom is 0.234 e. The number of ether oxygens (including phenoxy) is 1. The van der Waals surface area contributed by atoms with Crippen LogP contribution in [0, 0.1) is 0 Å². The van der Waals surface area contributed by atoms with Crippen LogP contribution in [0.2, 0.25) is 0 Å². The van der Waals surface area contributed by atoms with Crippen molar-refractivity contribution in [3.05, 3.63) is 82.3 Å². The van der Waals surface area contributed by atoms with Gasteiger partial charge >= 0.3 is 0 Å². The summed E-state index contributed by atoms with van der Waals surface area (Å²) < 4.78 is 7.73. The van der Waals surface area contributed by atoms with Gasteiger partial charge in [0.05, 0.1) is 18.5 Å². The van der Waals surface area contributed by atoms with Gasteiger partial charge in [-0.05, 0) is 42.0 Å². The molecule has 0 saturated carbocycles. The standard InChI is InChI=1S/C23H26N2O2S/c1-24-13-5-9-20(24)17-25(18-21-10-6-16-28-21)22(26)23(11-14-27-15-12-23)19-7-3-2-4-8-19/h2-10,13,16H,11-12,14-15,17-18H2,1H3. The summed E-state index contributed by atoms with van der Waals surface area (Å²) in [4.78, 5) is 17.3. The Kier molecular flexibility index (Phi) is 5.64. The number of carbonyl (C=O) groups excluding carboxylic acids is 1. The highest BCUT2D eigenvalue weighted by Gasteiger charge is 2.44. The van der Waals surface area contributed by atoms with E-state index >= 15 is 0 Å². The highest BCUT2D eigenvalue weighted by atomic mass is 32.1. The number of rotatable bonds is 6. The first kappa shape index (κ1) is 19.0. The molecule has 3 heterocycles. The predicted octanol–water partition coefficient (Wildman–Crippen LogP) is 4.36. The van der Waals surface area contributed by atoms with E-state index in [9.17, 15) is 4.79 Å². The summed E-state index contributed by atoms with van der Waals surface area (Å²) in [6.45, 7) is 2.49. The summed E-state index contributed by atoms with van der Waals surface area (Å²) in [6, 6.07) is 18.5. The summed E-state index contributed by atoms with van der Waals surface area (Å²) in [6.07, 6.45) is 3.48. The van der Waals surface area contributed by atoms with Crippen LogP contribution >= 0.6 is 11.3 Å². The van der Waals surface area contributed by atoms with Gasteiger partial charge in [-0.2, -0.15) is 0 Å². The quantitative estimate of drug-likeness (QED) is 0.622. The normalized spacial score (nSPS) is 16.0. The average molecular weight is 395 g/mol. The van der Waals surface area contributed by atoms with Crippen molar-refractivity contribution in [3.8, 4) is 0 Å². The fourth-order valence-electron chi connectivity index (χ4n) is 4.05. The van der Waals surface area contributed by atoms with Crippen molar-refractivity contribution < 1.29 is 9.53 Å². The number of aromatic nitrogens is 1. The summed E-state index contributed by atoms with van der Waals surface area (Å²) in [5.74, 6) is 0.205. The minimum absolute atomic E-state index is 0.205. The lowest BCUT2D eigenvalue weighted by atomic mass is 9.73. The zero-order valence-electron chi connectivity index (χ0n) is 16.2. The maximum atomic E-state index is 14.1. The van der Waals surface area contributed by atoms with Crippen LogP contribution in [-0.2, 0) is 35.1 Å². The molecule has 2 aromatic heterocycles. The van der Waals surface area contributed by atoms with E-state index in [1.165, 1.54) is 4.88 Å². The average Bonchev–Trinajstić information content (AvgIpc) is 3.40. The third kappa shape index (κ3) is 3.77. The van der Waals surface area contributed by atoms with Gasteiger partial charge in [0.25, 0.3) is 0 Å². The Morgan fingerprint density at radius 2 is 1.86 bits per heavy atom. The monoisotopic (exact) mass is 394 g/mol. The van der Waals surface area contributed by atoms with Crippen LogP contribution in [0.5, 0.6) is 0 Å². The highest BCUT2D eigenvalue weighted by Crippen LogP contribution is 2.37. The Morgan fingerprint density at radius 1 is 1.07 bits per heavy atom. The minimum atomic E-state index is -0.512. The van der Waals surface area contributed by atoms with Gasteiger partial charge in [-0.3, -0.25) is 4.79 Å². The molecule has 0 atom stereocenters. The lowest BCUT2D eigenvalue weighted by Crippen LogP contribution is -2.49. The fraction of sp³-hybridized carbons (Fsp3) is 0.348. The molecule has 0 spiro atoms. The smallest absolute Gasteiger partial charge is 0.234 e. The molecule has 1 aliphatic heterocycles. The van der Waals surface area contributed by atoms with Crippen molar-refractivity contribution in [2.45, 2.75) is 31.3 Å². The lowest BCUT2D eigenvalue weighted by Gasteiger charge is -2.40. The molecule has 1 aromatic carbocycles. The number of carbonyl (C=O) groups is 1. The molecule has 5 heteroatoms. The molecule has 3 aromatic rings. The molecule has 4 nitrogen and oxygen atoms in total. The Bertz CT molecular complexity index is 896. The van der Waals surface area contributed by atoms with Crippen molar-refractivity contribution in [3.63, 3.8) is 0 Å². The van der Waals surface area contributed by atoms with Gasteiger partial charge in [0.15, 0.2) is 0 Å². The number of hydrogen-bond donors (Lipinski definition) is 0. The second kappa shape index (κ2) is 8.33. The third-order valence-corrected chi connectivity index (χ3v) is 6.56. The van der Waals surface area contributed by atoms with E-state index in [0.717, 1.165) is 24.1 Å². The first-order valence-electron chi connectivity index (χ1n) is 9.74. The van der Waals surface area contributed by atoms with E-state index < -0.39 is 5.41 Å². The summed E-state index contributed by atoms with van der Waals surface area (Å²) in [7, 11) is 2.03. The third-order valence-electron chi connectivity index (χ3n) is 5.70. The highest BCUT2D eigenvalue weighted by molar-refractivity contribution is 7.09. The molecule has 0 aliphatic carbocycles. The first-order valence-corrected chi connectivity index (χ1v) is 10.6. The predicted molar refractivity (Wildman–Crippen MR) is 112 cm³/mol. The molecular formula is C23H26N2O2S. The largest absolute Gasteiger partial charge is 0.381 e. The van der Waals surface area contributed by atoms with Crippen LogP contribution in [0.3, 0.4) is 0 Å². The van der Waals surface area contributed by atoms with Gasteiger partial charge in [0, 0.05) is 37.0 Å². The van der Waals surface area contributed by atoms with Gasteiger partial charge in [0.2, 0.25) is 5.91 Å². The van der Waals surface area contributed by atoms with Gasteiger partial charge < -0.3 is 14.2 Å². The zero-order valence-corrected chi connectivity index (χ0v) is 17.0. The van der Waals surface area contributed by atoms with Crippen LogP contribution in [0.1, 0.15) is 29.0 Å². The van der Waals surface area contributed by atoms with Crippen LogP contribution in [0.25, 0.3) is 0 Å². The van der Waals surface area contributed by atoms with Crippen molar-refractivity contribution in [1.82, 2.24) is 9.47 Å². The number of thiophene rings is 1. The molecular weight excluding hydrogens is 368 g/mol. The number of hydrogen-bond acceptors (Lipinski definition) is 3. The van der Waals surface area contributed by atoms with E-state index in [-0.39, 0.29) is 5.91 Å². The zero-order chi connectivity index (χ0) is 19.4. The SMILES string of the molecule is Cn1cccc1CN(Cc1cccs1)C(=O)C1(c2ccccc2)CCOCC1. The number of amides is 1. The molecule has 1 amide bonds. The van der Waals surface area contributed by atoms with Crippen LogP contribution in [0.15, 0.2) is 66.2 Å². The van der Waals surface area contributed by atoms with Gasteiger partial charge in [0.1, 0.15) is 0 Å². The molecule has 1 aliphatic rings. The molecule has 28 heavy (non-hydrogen) atoms. The molecule has 0 radical (unpaired) electrons. The number of nitrogens with zero attached hydrogens (tertiary/aromatic N) is 2. The molecule has 0 N–H and O–H groups in total. The summed E-state index contributed by atoms with van der Waals surface area (Å²) >= 11 is 1.70. The summed E-state index contributed by atoms with van der Waals surface area (Å²) in [5.41, 5.74) is 1.73. The molecule has 0 unspecified atom stereocenters. The van der Waals surface area contributed by atoms with Crippen LogP contribution < -0.4 is 0 Å². The number of benzene rings is 1. The second-order valence-corrected chi connectivity index (χ2v) is 8.44.